The summed E-state index contributed by atoms with van der Waals surface area (Å²) in [6.07, 6.45) is -1.29. The van der Waals surface area contributed by atoms with E-state index in [9.17, 15) is 24.0 Å². The number of alkyl carbamates (subject to hydrolysis) is 2. The van der Waals surface area contributed by atoms with Gasteiger partial charge in [-0.2, -0.15) is 0 Å². The lowest BCUT2D eigenvalue weighted by molar-refractivity contribution is -0.199. The highest BCUT2D eigenvalue weighted by atomic mass is 16.7. The maximum atomic E-state index is 12.5. The van der Waals surface area contributed by atoms with Crippen LogP contribution in [0.25, 0.3) is 0 Å². The van der Waals surface area contributed by atoms with E-state index in [1.54, 1.807) is 20.8 Å². The van der Waals surface area contributed by atoms with Gasteiger partial charge in [-0.3, -0.25) is 9.59 Å². The Morgan fingerprint density at radius 2 is 1.67 bits per heavy atom. The summed E-state index contributed by atoms with van der Waals surface area (Å²) in [5, 5.41) is 5.34. The number of rotatable bonds is 9. The SMILES string of the molecule is CC(C)(C)OC(=O)N[C@@H](CCCNC(=O)OCc1ccccc1)C(=O)ON1C(=O)CCC1=O. The van der Waals surface area contributed by atoms with E-state index in [0.717, 1.165) is 5.56 Å². The van der Waals surface area contributed by atoms with Crippen molar-refractivity contribution in [2.75, 3.05) is 6.54 Å². The fraction of sp³-hybridized carbons (Fsp3) is 0.500. The largest absolute Gasteiger partial charge is 0.445 e. The van der Waals surface area contributed by atoms with Gasteiger partial charge in [-0.15, -0.1) is 5.06 Å². The molecule has 0 aromatic heterocycles. The maximum absolute atomic E-state index is 12.5. The smallest absolute Gasteiger partial charge is 0.408 e. The van der Waals surface area contributed by atoms with Gasteiger partial charge in [0.25, 0.3) is 11.8 Å². The van der Waals surface area contributed by atoms with Crippen LogP contribution in [0.4, 0.5) is 9.59 Å². The first-order valence-electron chi connectivity index (χ1n) is 10.6. The Labute approximate surface area is 191 Å². The zero-order valence-corrected chi connectivity index (χ0v) is 18.9. The number of hydrogen-bond acceptors (Lipinski definition) is 8. The van der Waals surface area contributed by atoms with Crippen LogP contribution in [0.1, 0.15) is 52.0 Å². The van der Waals surface area contributed by atoms with Crippen LogP contribution in [-0.2, 0) is 35.3 Å². The van der Waals surface area contributed by atoms with Crippen molar-refractivity contribution in [3.8, 4) is 0 Å². The van der Waals surface area contributed by atoms with Crippen LogP contribution in [0.2, 0.25) is 0 Å². The van der Waals surface area contributed by atoms with E-state index in [1.807, 2.05) is 30.3 Å². The number of benzene rings is 1. The molecule has 2 rings (SSSR count). The standard InChI is InChI=1S/C22H29N3O8/c1-22(2,3)32-21(30)24-16(19(28)33-25-17(26)11-12-18(25)27)10-7-13-23-20(29)31-14-15-8-5-4-6-9-15/h4-6,8-9,16H,7,10-14H2,1-3H3,(H,23,29)(H,24,30)/t16-/m0/s1. The molecule has 1 saturated heterocycles. The van der Waals surface area contributed by atoms with Crippen LogP contribution in [-0.4, -0.2) is 53.2 Å². The third-order valence-corrected chi connectivity index (χ3v) is 4.31. The van der Waals surface area contributed by atoms with Gasteiger partial charge in [-0.25, -0.2) is 14.4 Å². The highest BCUT2D eigenvalue weighted by Gasteiger charge is 2.35. The molecule has 4 amide bonds. The zero-order valence-electron chi connectivity index (χ0n) is 18.9. The Morgan fingerprint density at radius 1 is 1.03 bits per heavy atom. The van der Waals surface area contributed by atoms with E-state index in [2.05, 4.69) is 10.6 Å². The molecule has 0 unspecified atom stereocenters. The van der Waals surface area contributed by atoms with E-state index < -0.39 is 41.6 Å². The molecule has 0 radical (unpaired) electrons. The minimum absolute atomic E-state index is 0.0489. The van der Waals surface area contributed by atoms with Gasteiger partial charge in [-0.1, -0.05) is 30.3 Å². The summed E-state index contributed by atoms with van der Waals surface area (Å²) in [5.41, 5.74) is 0.0340. The number of hydrogen-bond donors (Lipinski definition) is 2. The second-order valence-electron chi connectivity index (χ2n) is 8.32. The van der Waals surface area contributed by atoms with Crippen molar-refractivity contribution in [1.82, 2.24) is 15.7 Å². The van der Waals surface area contributed by atoms with Crippen LogP contribution >= 0.6 is 0 Å². The molecule has 1 aliphatic heterocycles. The number of carbonyl (C=O) groups is 5. The molecule has 11 nitrogen and oxygen atoms in total. The molecule has 1 aromatic rings. The lowest BCUT2D eigenvalue weighted by Crippen LogP contribution is -2.47. The van der Waals surface area contributed by atoms with E-state index in [1.165, 1.54) is 0 Å². The molecule has 0 bridgehead atoms. The first-order valence-corrected chi connectivity index (χ1v) is 10.6. The molecule has 11 heteroatoms. The summed E-state index contributed by atoms with van der Waals surface area (Å²) in [6, 6.07) is 7.95. The minimum atomic E-state index is -1.21. The van der Waals surface area contributed by atoms with E-state index in [-0.39, 0.29) is 38.8 Å². The van der Waals surface area contributed by atoms with Crippen molar-refractivity contribution in [1.29, 1.82) is 0 Å². The van der Waals surface area contributed by atoms with E-state index in [4.69, 9.17) is 14.3 Å². The Balaban J connectivity index is 1.85. The van der Waals surface area contributed by atoms with Crippen molar-refractivity contribution < 1.29 is 38.3 Å². The fourth-order valence-corrected chi connectivity index (χ4v) is 2.78. The van der Waals surface area contributed by atoms with E-state index >= 15 is 0 Å². The van der Waals surface area contributed by atoms with Crippen LogP contribution in [0.15, 0.2) is 30.3 Å². The first-order chi connectivity index (χ1) is 15.5. The molecule has 1 atom stereocenters. The molecule has 2 N–H and O–H groups in total. The van der Waals surface area contributed by atoms with Gasteiger partial charge in [0.05, 0.1) is 0 Å². The molecule has 1 heterocycles. The monoisotopic (exact) mass is 463 g/mol. The molecular formula is C22H29N3O8. The summed E-state index contributed by atoms with van der Waals surface area (Å²) >= 11 is 0. The van der Waals surface area contributed by atoms with Crippen LogP contribution in [0.5, 0.6) is 0 Å². The summed E-state index contributed by atoms with van der Waals surface area (Å²) in [6.45, 7) is 5.24. The lowest BCUT2D eigenvalue weighted by Gasteiger charge is -2.23. The average Bonchev–Trinajstić information content (AvgIpc) is 3.05. The molecule has 1 fully saturated rings. The molecule has 33 heavy (non-hydrogen) atoms. The second-order valence-corrected chi connectivity index (χ2v) is 8.32. The average molecular weight is 463 g/mol. The van der Waals surface area contributed by atoms with Crippen molar-refractivity contribution in [3.63, 3.8) is 0 Å². The van der Waals surface area contributed by atoms with Crippen LogP contribution < -0.4 is 10.6 Å². The topological polar surface area (TPSA) is 140 Å². The van der Waals surface area contributed by atoms with Crippen molar-refractivity contribution >= 4 is 30.0 Å². The molecule has 1 aromatic carbocycles. The minimum Gasteiger partial charge on any atom is -0.445 e. The van der Waals surface area contributed by atoms with Gasteiger partial charge >= 0.3 is 18.2 Å². The number of amides is 4. The molecule has 180 valence electrons. The predicted octanol–water partition coefficient (Wildman–Crippen LogP) is 2.19. The van der Waals surface area contributed by atoms with Crippen molar-refractivity contribution in [2.45, 2.75) is 64.7 Å². The quantitative estimate of drug-likeness (QED) is 0.419. The van der Waals surface area contributed by atoms with Gasteiger partial charge < -0.3 is 24.9 Å². The van der Waals surface area contributed by atoms with Gasteiger partial charge in [0.1, 0.15) is 18.2 Å². The molecular weight excluding hydrogens is 434 g/mol. The molecule has 1 aliphatic rings. The Hall–Kier alpha value is -3.63. The van der Waals surface area contributed by atoms with Crippen molar-refractivity contribution in [3.05, 3.63) is 35.9 Å². The summed E-state index contributed by atoms with van der Waals surface area (Å²) < 4.78 is 10.3. The second kappa shape index (κ2) is 11.8. The van der Waals surface area contributed by atoms with Crippen LogP contribution in [0.3, 0.4) is 0 Å². The van der Waals surface area contributed by atoms with Gasteiger partial charge in [-0.05, 0) is 39.2 Å². The number of imide groups is 1. The van der Waals surface area contributed by atoms with Gasteiger partial charge in [0.2, 0.25) is 0 Å². The van der Waals surface area contributed by atoms with Gasteiger partial charge in [0.15, 0.2) is 0 Å². The fourth-order valence-electron chi connectivity index (χ4n) is 2.78. The maximum Gasteiger partial charge on any atom is 0.408 e. The number of hydroxylamine groups is 2. The Bertz CT molecular complexity index is 850. The third kappa shape index (κ3) is 9.17. The van der Waals surface area contributed by atoms with Crippen LogP contribution in [0, 0.1) is 0 Å². The summed E-state index contributed by atoms with van der Waals surface area (Å²) in [4.78, 5) is 64.8. The zero-order chi connectivity index (χ0) is 24.4. The number of nitrogens with zero attached hydrogens (tertiary/aromatic N) is 1. The number of carbonyl (C=O) groups excluding carboxylic acids is 5. The highest BCUT2D eigenvalue weighted by Crippen LogP contribution is 2.14. The van der Waals surface area contributed by atoms with E-state index in [0.29, 0.717) is 5.06 Å². The van der Waals surface area contributed by atoms with Gasteiger partial charge in [0, 0.05) is 19.4 Å². The predicted molar refractivity (Wildman–Crippen MR) is 114 cm³/mol. The normalized spacial score (nSPS) is 14.5. The summed E-state index contributed by atoms with van der Waals surface area (Å²) in [5.74, 6) is -2.25. The lowest BCUT2D eigenvalue weighted by atomic mass is 10.1. The molecule has 0 saturated carbocycles. The number of ether oxygens (including phenoxy) is 2. The van der Waals surface area contributed by atoms with Crippen molar-refractivity contribution in [2.24, 2.45) is 0 Å². The Morgan fingerprint density at radius 3 is 2.27 bits per heavy atom. The summed E-state index contributed by atoms with van der Waals surface area (Å²) in [7, 11) is 0. The highest BCUT2D eigenvalue weighted by molar-refractivity contribution is 6.01. The number of nitrogens with one attached hydrogen (secondary N) is 2. The first kappa shape index (κ1) is 25.6. The molecule has 0 aliphatic carbocycles. The Kier molecular flexibility index (Phi) is 9.19. The third-order valence-electron chi connectivity index (χ3n) is 4.31. The molecule has 0 spiro atoms.